The summed E-state index contributed by atoms with van der Waals surface area (Å²) in [5, 5.41) is 9.63. The molecule has 0 fully saturated rings. The maximum Gasteiger partial charge on any atom is 0.184 e. The molecule has 0 saturated carbocycles. The van der Waals surface area contributed by atoms with Gasteiger partial charge >= 0.3 is 0 Å². The minimum Gasteiger partial charge on any atom is -0.387 e. The van der Waals surface area contributed by atoms with Crippen LogP contribution in [0, 0.1) is 0 Å². The van der Waals surface area contributed by atoms with Gasteiger partial charge in [-0.05, 0) is 19.6 Å². The summed E-state index contributed by atoms with van der Waals surface area (Å²) >= 11 is 1.69. The molecule has 0 aliphatic rings. The van der Waals surface area contributed by atoms with Crippen molar-refractivity contribution in [3.05, 3.63) is 0 Å². The predicted molar refractivity (Wildman–Crippen MR) is 56.0 cm³/mol. The number of ether oxygens (including phenoxy) is 2. The zero-order valence-electron chi connectivity index (χ0n) is 8.66. The van der Waals surface area contributed by atoms with Gasteiger partial charge < -0.3 is 14.6 Å². The molecule has 0 radical (unpaired) electrons. The molecular weight excluding hydrogens is 188 g/mol. The average molecular weight is 208 g/mol. The van der Waals surface area contributed by atoms with Gasteiger partial charge in [0.1, 0.15) is 6.10 Å². The van der Waals surface area contributed by atoms with E-state index >= 15 is 0 Å². The van der Waals surface area contributed by atoms with E-state index in [1.54, 1.807) is 11.8 Å². The van der Waals surface area contributed by atoms with Crippen molar-refractivity contribution >= 4 is 11.8 Å². The third-order valence-electron chi connectivity index (χ3n) is 1.47. The minimum atomic E-state index is -0.523. The number of hydrogen-bond acceptors (Lipinski definition) is 4. The van der Waals surface area contributed by atoms with E-state index in [2.05, 4.69) is 6.92 Å². The number of aliphatic hydroxyl groups is 1. The monoisotopic (exact) mass is 208 g/mol. The van der Waals surface area contributed by atoms with Gasteiger partial charge in [-0.3, -0.25) is 0 Å². The Morgan fingerprint density at radius 2 is 1.69 bits per heavy atom. The van der Waals surface area contributed by atoms with Crippen LogP contribution in [0.3, 0.4) is 0 Å². The van der Waals surface area contributed by atoms with Gasteiger partial charge in [0.2, 0.25) is 0 Å². The van der Waals surface area contributed by atoms with E-state index in [4.69, 9.17) is 9.47 Å². The summed E-state index contributed by atoms with van der Waals surface area (Å²) < 4.78 is 10.5. The fraction of sp³-hybridized carbons (Fsp3) is 1.00. The van der Waals surface area contributed by atoms with E-state index in [0.29, 0.717) is 19.0 Å². The lowest BCUT2D eigenvalue weighted by atomic mass is 10.4. The third-order valence-corrected chi connectivity index (χ3v) is 2.45. The molecule has 0 aromatic carbocycles. The van der Waals surface area contributed by atoms with Gasteiger partial charge in [0.05, 0.1) is 0 Å². The van der Waals surface area contributed by atoms with Crippen LogP contribution in [0.2, 0.25) is 0 Å². The Kier molecular flexibility index (Phi) is 8.97. The van der Waals surface area contributed by atoms with Gasteiger partial charge in [-0.1, -0.05) is 6.92 Å². The Morgan fingerprint density at radius 1 is 1.15 bits per heavy atom. The van der Waals surface area contributed by atoms with E-state index in [9.17, 15) is 5.11 Å². The molecule has 0 aliphatic heterocycles. The Morgan fingerprint density at radius 3 is 2.08 bits per heavy atom. The molecule has 0 heterocycles. The molecule has 0 aromatic heterocycles. The van der Waals surface area contributed by atoms with Crippen molar-refractivity contribution in [3.8, 4) is 0 Å². The Bertz CT molecular complexity index is 105. The first-order valence-corrected chi connectivity index (χ1v) is 5.90. The van der Waals surface area contributed by atoms with Crippen molar-refractivity contribution in [2.24, 2.45) is 0 Å². The number of thioether (sulfide) groups is 1. The molecule has 0 amide bonds. The molecule has 13 heavy (non-hydrogen) atoms. The van der Waals surface area contributed by atoms with E-state index < -0.39 is 12.4 Å². The summed E-state index contributed by atoms with van der Waals surface area (Å²) in [4.78, 5) is 0. The number of hydrogen-bond donors (Lipinski definition) is 1. The molecule has 0 rings (SSSR count). The maximum atomic E-state index is 9.63. The summed E-state index contributed by atoms with van der Waals surface area (Å²) in [6.45, 7) is 6.99. The van der Waals surface area contributed by atoms with Crippen LogP contribution in [0.1, 0.15) is 20.8 Å². The van der Waals surface area contributed by atoms with E-state index in [1.165, 1.54) is 0 Å². The van der Waals surface area contributed by atoms with Crippen LogP contribution >= 0.6 is 11.8 Å². The van der Waals surface area contributed by atoms with Gasteiger partial charge in [0, 0.05) is 19.0 Å². The van der Waals surface area contributed by atoms with E-state index in [1.807, 2.05) is 13.8 Å². The molecule has 0 spiro atoms. The maximum absolute atomic E-state index is 9.63. The lowest BCUT2D eigenvalue weighted by molar-refractivity contribution is -0.183. The predicted octanol–water partition coefficient (Wildman–Crippen LogP) is 1.50. The van der Waals surface area contributed by atoms with Gasteiger partial charge in [0.15, 0.2) is 6.29 Å². The van der Waals surface area contributed by atoms with Gasteiger partial charge in [-0.25, -0.2) is 0 Å². The van der Waals surface area contributed by atoms with Crippen LogP contribution < -0.4 is 0 Å². The summed E-state index contributed by atoms with van der Waals surface area (Å²) in [6.07, 6.45) is -0.987. The average Bonchev–Trinajstić information content (AvgIpc) is 2.14. The largest absolute Gasteiger partial charge is 0.387 e. The molecule has 0 bridgehead atoms. The van der Waals surface area contributed by atoms with E-state index in [-0.39, 0.29) is 0 Å². The van der Waals surface area contributed by atoms with Crippen molar-refractivity contribution in [2.75, 3.05) is 24.7 Å². The lowest BCUT2D eigenvalue weighted by Crippen LogP contribution is -2.33. The van der Waals surface area contributed by atoms with Gasteiger partial charge in [-0.15, -0.1) is 0 Å². The molecule has 0 aliphatic carbocycles. The van der Waals surface area contributed by atoms with Crippen LogP contribution in [-0.2, 0) is 9.47 Å². The Balaban J connectivity index is 3.72. The molecule has 0 unspecified atom stereocenters. The lowest BCUT2D eigenvalue weighted by Gasteiger charge is -2.21. The second kappa shape index (κ2) is 8.81. The second-order valence-corrected chi connectivity index (χ2v) is 3.82. The Labute approximate surface area is 84.8 Å². The SMILES string of the molecule is CCOC(OCC)[C@@H](O)CSCC. The highest BCUT2D eigenvalue weighted by Gasteiger charge is 2.18. The van der Waals surface area contributed by atoms with Crippen molar-refractivity contribution in [2.45, 2.75) is 33.2 Å². The topological polar surface area (TPSA) is 38.7 Å². The number of rotatable bonds is 8. The van der Waals surface area contributed by atoms with Crippen molar-refractivity contribution in [3.63, 3.8) is 0 Å². The van der Waals surface area contributed by atoms with Crippen LogP contribution in [-0.4, -0.2) is 42.2 Å². The highest BCUT2D eigenvalue weighted by Crippen LogP contribution is 2.09. The highest BCUT2D eigenvalue weighted by atomic mass is 32.2. The molecule has 1 N–H and O–H groups in total. The number of aliphatic hydroxyl groups excluding tert-OH is 1. The highest BCUT2D eigenvalue weighted by molar-refractivity contribution is 7.99. The fourth-order valence-corrected chi connectivity index (χ4v) is 1.55. The van der Waals surface area contributed by atoms with Crippen LogP contribution in [0.25, 0.3) is 0 Å². The Hall–Kier alpha value is 0.230. The van der Waals surface area contributed by atoms with Crippen LogP contribution in [0.15, 0.2) is 0 Å². The van der Waals surface area contributed by atoms with Gasteiger partial charge in [0.25, 0.3) is 0 Å². The molecule has 0 aromatic rings. The summed E-state index contributed by atoms with van der Waals surface area (Å²) in [7, 11) is 0. The van der Waals surface area contributed by atoms with Crippen LogP contribution in [0.5, 0.6) is 0 Å². The molecule has 4 heteroatoms. The quantitative estimate of drug-likeness (QED) is 0.614. The van der Waals surface area contributed by atoms with Gasteiger partial charge in [-0.2, -0.15) is 11.8 Å². The first-order valence-electron chi connectivity index (χ1n) is 4.75. The third kappa shape index (κ3) is 6.32. The summed E-state index contributed by atoms with van der Waals surface area (Å²) in [5.41, 5.74) is 0. The first kappa shape index (κ1) is 13.2. The smallest absolute Gasteiger partial charge is 0.184 e. The fourth-order valence-electron chi connectivity index (χ4n) is 0.916. The molecule has 1 atom stereocenters. The van der Waals surface area contributed by atoms with Crippen molar-refractivity contribution < 1.29 is 14.6 Å². The van der Waals surface area contributed by atoms with Crippen LogP contribution in [0.4, 0.5) is 0 Å². The summed E-state index contributed by atoms with van der Waals surface area (Å²) in [6, 6.07) is 0. The molecule has 0 saturated heterocycles. The first-order chi connectivity index (χ1) is 6.26. The van der Waals surface area contributed by atoms with E-state index in [0.717, 1.165) is 5.75 Å². The molecule has 3 nitrogen and oxygen atoms in total. The normalized spacial score (nSPS) is 13.6. The second-order valence-electron chi connectivity index (χ2n) is 2.51. The zero-order chi connectivity index (χ0) is 10.1. The minimum absolute atomic E-state index is 0.464. The molecular formula is C9H20O3S. The van der Waals surface area contributed by atoms with Crippen molar-refractivity contribution in [1.29, 1.82) is 0 Å². The standard InChI is InChI=1S/C9H20O3S/c1-4-11-9(12-5-2)8(10)7-13-6-3/h8-10H,4-7H2,1-3H3/t8-/m0/s1. The zero-order valence-corrected chi connectivity index (χ0v) is 9.47. The summed E-state index contributed by atoms with van der Waals surface area (Å²) in [5.74, 6) is 1.67. The van der Waals surface area contributed by atoms with Crippen molar-refractivity contribution in [1.82, 2.24) is 0 Å². The molecule has 80 valence electrons.